The van der Waals surface area contributed by atoms with E-state index in [1.807, 2.05) is 0 Å². The first-order valence-electron chi connectivity index (χ1n) is 3.52. The van der Waals surface area contributed by atoms with Crippen molar-refractivity contribution in [3.8, 4) is 0 Å². The summed E-state index contributed by atoms with van der Waals surface area (Å²) in [5.74, 6) is -3.14. The predicted molar refractivity (Wildman–Crippen MR) is 37.7 cm³/mol. The number of hydrogen-bond donors (Lipinski definition) is 0. The van der Waals surface area contributed by atoms with E-state index in [4.69, 9.17) is 0 Å². The molecule has 1 aromatic rings. The smallest absolute Gasteiger partial charge is 0.266 e. The molecule has 0 aliphatic carbocycles. The van der Waals surface area contributed by atoms with Crippen LogP contribution in [0.25, 0.3) is 0 Å². The minimum absolute atomic E-state index is 0.511. The third-order valence-electron chi connectivity index (χ3n) is 1.57. The van der Waals surface area contributed by atoms with Gasteiger partial charge in [0.2, 0.25) is 0 Å². The van der Waals surface area contributed by atoms with E-state index in [2.05, 4.69) is 5.10 Å². The van der Waals surface area contributed by atoms with Crippen LogP contribution in [0.15, 0.2) is 6.07 Å². The van der Waals surface area contributed by atoms with Crippen LogP contribution in [-0.2, 0) is 13.0 Å². The summed E-state index contributed by atoms with van der Waals surface area (Å²) >= 11 is 0. The van der Waals surface area contributed by atoms with E-state index < -0.39 is 23.7 Å². The lowest BCUT2D eigenvalue weighted by Gasteiger charge is -2.08. The lowest BCUT2D eigenvalue weighted by Crippen LogP contribution is -2.12. The molecule has 74 valence electrons. The monoisotopic (exact) mass is 196 g/mol. The number of aryl methyl sites for hydroxylation is 1. The number of halogens is 4. The van der Waals surface area contributed by atoms with Crippen molar-refractivity contribution < 1.29 is 17.6 Å². The van der Waals surface area contributed by atoms with Gasteiger partial charge in [0.05, 0.1) is 0 Å². The predicted octanol–water partition coefficient (Wildman–Crippen LogP) is 2.47. The van der Waals surface area contributed by atoms with E-state index in [9.17, 15) is 17.6 Å². The summed E-state index contributed by atoms with van der Waals surface area (Å²) in [6.45, 7) is 0.638. The number of rotatable bonds is 2. The molecule has 0 amide bonds. The van der Waals surface area contributed by atoms with E-state index in [0.29, 0.717) is 13.0 Å². The molecule has 13 heavy (non-hydrogen) atoms. The van der Waals surface area contributed by atoms with Crippen LogP contribution in [0.4, 0.5) is 17.6 Å². The van der Waals surface area contributed by atoms with Crippen molar-refractivity contribution in [3.63, 3.8) is 0 Å². The summed E-state index contributed by atoms with van der Waals surface area (Å²) in [6, 6.07) is 0.713. The first-order valence-corrected chi connectivity index (χ1v) is 3.52. The number of alkyl halides is 4. The fourth-order valence-corrected chi connectivity index (χ4v) is 1.01. The molecule has 0 aliphatic rings. The quantitative estimate of drug-likeness (QED) is 0.664. The summed E-state index contributed by atoms with van der Waals surface area (Å²) in [6.07, 6.45) is -2.82. The zero-order valence-electron chi connectivity index (χ0n) is 7.06. The highest BCUT2D eigenvalue weighted by Gasteiger charge is 2.30. The zero-order valence-corrected chi connectivity index (χ0v) is 7.06. The molecule has 1 heterocycles. The zero-order chi connectivity index (χ0) is 10.2. The molecule has 0 saturated carbocycles. The molecule has 0 radical (unpaired) electrons. The molecule has 0 spiro atoms. The Kier molecular flexibility index (Phi) is 2.32. The highest BCUT2D eigenvalue weighted by atomic mass is 19.3. The standard InChI is InChI=1S/C7H8F4N2/c1-7(10,11)5-3-4(6(8)9)12-13(5)2/h3,6H,1-2H3. The largest absolute Gasteiger partial charge is 0.286 e. The van der Waals surface area contributed by atoms with Crippen LogP contribution >= 0.6 is 0 Å². The van der Waals surface area contributed by atoms with Gasteiger partial charge in [-0.15, -0.1) is 0 Å². The average molecular weight is 196 g/mol. The van der Waals surface area contributed by atoms with Crippen LogP contribution in [0.3, 0.4) is 0 Å². The Morgan fingerprint density at radius 1 is 1.46 bits per heavy atom. The summed E-state index contributed by atoms with van der Waals surface area (Å²) in [5, 5.41) is 3.26. The molecule has 0 bridgehead atoms. The molecular weight excluding hydrogens is 188 g/mol. The molecule has 1 aromatic heterocycles. The first kappa shape index (κ1) is 10.0. The fourth-order valence-electron chi connectivity index (χ4n) is 1.01. The van der Waals surface area contributed by atoms with Gasteiger partial charge in [-0.25, -0.2) is 8.78 Å². The second-order valence-electron chi connectivity index (χ2n) is 2.77. The number of hydrogen-bond acceptors (Lipinski definition) is 1. The Morgan fingerprint density at radius 3 is 2.23 bits per heavy atom. The summed E-state index contributed by atoms with van der Waals surface area (Å²) < 4.78 is 50.2. The summed E-state index contributed by atoms with van der Waals surface area (Å²) in [5.41, 5.74) is -1.14. The second-order valence-corrected chi connectivity index (χ2v) is 2.77. The average Bonchev–Trinajstić information content (AvgIpc) is 2.29. The lowest BCUT2D eigenvalue weighted by atomic mass is 10.2. The topological polar surface area (TPSA) is 17.8 Å². The molecule has 0 fully saturated rings. The van der Waals surface area contributed by atoms with Crippen LogP contribution in [-0.4, -0.2) is 9.78 Å². The Hall–Kier alpha value is -1.07. The molecule has 6 heteroatoms. The summed E-state index contributed by atoms with van der Waals surface area (Å²) in [7, 11) is 1.21. The molecule has 0 unspecified atom stereocenters. The Balaban J connectivity index is 3.11. The lowest BCUT2D eigenvalue weighted by molar-refractivity contribution is 0.00883. The Labute approximate surface area is 72.2 Å². The molecule has 1 rings (SSSR count). The van der Waals surface area contributed by atoms with E-state index >= 15 is 0 Å². The maximum Gasteiger partial charge on any atom is 0.286 e. The van der Waals surface area contributed by atoms with Crippen LogP contribution in [0.1, 0.15) is 24.7 Å². The van der Waals surface area contributed by atoms with Crippen LogP contribution in [0.5, 0.6) is 0 Å². The SMILES string of the molecule is Cn1nc(C(F)F)cc1C(C)(F)F. The maximum atomic E-state index is 12.7. The Morgan fingerprint density at radius 2 is 2.00 bits per heavy atom. The molecule has 0 aliphatic heterocycles. The van der Waals surface area contributed by atoms with Gasteiger partial charge in [-0.3, -0.25) is 4.68 Å². The van der Waals surface area contributed by atoms with Crippen molar-refractivity contribution in [1.82, 2.24) is 9.78 Å². The minimum atomic E-state index is -3.14. The fraction of sp³-hybridized carbons (Fsp3) is 0.571. The molecule has 0 atom stereocenters. The van der Waals surface area contributed by atoms with Gasteiger partial charge in [0, 0.05) is 14.0 Å². The van der Waals surface area contributed by atoms with Gasteiger partial charge in [0.25, 0.3) is 12.3 Å². The second kappa shape index (κ2) is 3.01. The third kappa shape index (κ3) is 1.99. The molecule has 2 nitrogen and oxygen atoms in total. The molecular formula is C7H8F4N2. The summed E-state index contributed by atoms with van der Waals surface area (Å²) in [4.78, 5) is 0. The Bertz CT molecular complexity index is 300. The van der Waals surface area contributed by atoms with Gasteiger partial charge in [-0.05, 0) is 6.07 Å². The van der Waals surface area contributed by atoms with Crippen LogP contribution in [0, 0.1) is 0 Å². The van der Waals surface area contributed by atoms with Gasteiger partial charge >= 0.3 is 0 Å². The van der Waals surface area contributed by atoms with Gasteiger partial charge in [0.15, 0.2) is 0 Å². The molecule has 0 N–H and O–H groups in total. The van der Waals surface area contributed by atoms with Crippen molar-refractivity contribution in [1.29, 1.82) is 0 Å². The number of aromatic nitrogens is 2. The van der Waals surface area contributed by atoms with Crippen molar-refractivity contribution >= 4 is 0 Å². The van der Waals surface area contributed by atoms with Crippen molar-refractivity contribution in [2.45, 2.75) is 19.3 Å². The van der Waals surface area contributed by atoms with E-state index in [-0.39, 0.29) is 0 Å². The van der Waals surface area contributed by atoms with E-state index in [1.54, 1.807) is 0 Å². The van der Waals surface area contributed by atoms with Crippen molar-refractivity contribution in [3.05, 3.63) is 17.5 Å². The minimum Gasteiger partial charge on any atom is -0.266 e. The van der Waals surface area contributed by atoms with Gasteiger partial charge in [-0.2, -0.15) is 13.9 Å². The normalized spacial score (nSPS) is 12.5. The first-order chi connectivity index (χ1) is 5.82. The highest BCUT2D eigenvalue weighted by Crippen LogP contribution is 2.29. The van der Waals surface area contributed by atoms with Crippen LogP contribution < -0.4 is 0 Å². The third-order valence-corrected chi connectivity index (χ3v) is 1.57. The maximum absolute atomic E-state index is 12.7. The van der Waals surface area contributed by atoms with Gasteiger partial charge < -0.3 is 0 Å². The number of nitrogens with zero attached hydrogens (tertiary/aromatic N) is 2. The van der Waals surface area contributed by atoms with Crippen molar-refractivity contribution in [2.75, 3.05) is 0 Å². The van der Waals surface area contributed by atoms with Crippen molar-refractivity contribution in [2.24, 2.45) is 7.05 Å². The van der Waals surface area contributed by atoms with E-state index in [1.165, 1.54) is 7.05 Å². The highest BCUT2D eigenvalue weighted by molar-refractivity contribution is 5.15. The molecule has 0 aromatic carbocycles. The van der Waals surface area contributed by atoms with Gasteiger partial charge in [0.1, 0.15) is 11.4 Å². The molecule has 0 saturated heterocycles. The van der Waals surface area contributed by atoms with Gasteiger partial charge in [-0.1, -0.05) is 0 Å². The van der Waals surface area contributed by atoms with Crippen LogP contribution in [0.2, 0.25) is 0 Å². The van der Waals surface area contributed by atoms with E-state index in [0.717, 1.165) is 4.68 Å².